The van der Waals surface area contributed by atoms with Crippen molar-refractivity contribution in [2.45, 2.75) is 0 Å². The Kier molecular flexibility index (Phi) is 7.24. The van der Waals surface area contributed by atoms with Gasteiger partial charge in [0.05, 0.1) is 26.1 Å². The van der Waals surface area contributed by atoms with Crippen LogP contribution in [0.2, 0.25) is 0 Å². The second kappa shape index (κ2) is 12.8. The zero-order valence-electron chi connectivity index (χ0n) is 30.4. The summed E-state index contributed by atoms with van der Waals surface area (Å²) >= 11 is 3.72. The van der Waals surface area contributed by atoms with Crippen LogP contribution in [0.4, 0.5) is 0 Å². The number of hydrogen-bond donors (Lipinski definition) is 0. The van der Waals surface area contributed by atoms with Gasteiger partial charge >= 0.3 is 0 Å². The molecule has 0 atom stereocenters. The van der Waals surface area contributed by atoms with E-state index in [4.69, 9.17) is 15.0 Å². The summed E-state index contributed by atoms with van der Waals surface area (Å²) in [5.41, 5.74) is 8.75. The lowest BCUT2D eigenvalue weighted by atomic mass is 10.0. The van der Waals surface area contributed by atoms with Gasteiger partial charge in [-0.05, 0) is 64.4 Å². The summed E-state index contributed by atoms with van der Waals surface area (Å²) < 4.78 is 7.53. The third-order valence-corrected chi connectivity index (χ3v) is 13.4. The van der Waals surface area contributed by atoms with Crippen molar-refractivity contribution in [3.05, 3.63) is 182 Å². The first-order valence-corrected chi connectivity index (χ1v) is 20.7. The molecule has 0 fully saturated rings. The molecule has 0 aliphatic rings. The monoisotopic (exact) mass is 762 g/mol. The molecule has 0 saturated heterocycles. The summed E-state index contributed by atoms with van der Waals surface area (Å²) in [4.78, 5) is 15.7. The molecule has 0 saturated carbocycles. The van der Waals surface area contributed by atoms with Gasteiger partial charge in [0.2, 0.25) is 0 Å². The van der Waals surface area contributed by atoms with Gasteiger partial charge in [-0.1, -0.05) is 140 Å². The van der Waals surface area contributed by atoms with Crippen LogP contribution >= 0.6 is 22.7 Å². The van der Waals surface area contributed by atoms with Crippen molar-refractivity contribution < 1.29 is 0 Å². The van der Waals surface area contributed by atoms with Crippen LogP contribution in [0.3, 0.4) is 0 Å². The SMILES string of the molecule is c1ccc(-c2cccc(-c3nc(-c4ccccc4)nc(-c4ccc(-n5c6ccccc6c6sc7cc8ccccc8cc7c65)c5sc6ccccc6c45)n3)c2)cc1. The van der Waals surface area contributed by atoms with Gasteiger partial charge in [0.1, 0.15) is 0 Å². The number of hydrogen-bond acceptors (Lipinski definition) is 5. The molecule has 4 aromatic heterocycles. The maximum Gasteiger partial charge on any atom is 0.164 e. The molecule has 0 spiro atoms. The second-order valence-electron chi connectivity index (χ2n) is 14.4. The number of fused-ring (bicyclic) bond motifs is 9. The number of rotatable bonds is 5. The summed E-state index contributed by atoms with van der Waals surface area (Å²) in [5.74, 6) is 1.94. The molecule has 12 rings (SSSR count). The minimum atomic E-state index is 0.642. The average molecular weight is 763 g/mol. The van der Waals surface area contributed by atoms with Crippen LogP contribution in [0.15, 0.2) is 182 Å². The van der Waals surface area contributed by atoms with E-state index in [9.17, 15) is 0 Å². The number of benzene rings is 8. The normalized spacial score (nSPS) is 11.9. The molecular formula is C51H30N4S2. The van der Waals surface area contributed by atoms with Crippen LogP contribution in [0.25, 0.3) is 113 Å². The molecule has 6 heteroatoms. The highest BCUT2D eigenvalue weighted by Gasteiger charge is 2.24. The molecular weight excluding hydrogens is 733 g/mol. The highest BCUT2D eigenvalue weighted by atomic mass is 32.1. The van der Waals surface area contributed by atoms with Crippen LogP contribution in [0, 0.1) is 0 Å². The summed E-state index contributed by atoms with van der Waals surface area (Å²) in [6.07, 6.45) is 0. The fourth-order valence-electron chi connectivity index (χ4n) is 8.39. The van der Waals surface area contributed by atoms with Crippen LogP contribution in [0.5, 0.6) is 0 Å². The van der Waals surface area contributed by atoms with E-state index in [1.54, 1.807) is 0 Å². The van der Waals surface area contributed by atoms with Gasteiger partial charge in [-0.25, -0.2) is 15.0 Å². The lowest BCUT2D eigenvalue weighted by molar-refractivity contribution is 1.08. The Morgan fingerprint density at radius 1 is 0.386 bits per heavy atom. The second-order valence-corrected chi connectivity index (χ2v) is 16.5. The Hall–Kier alpha value is -6.99. The van der Waals surface area contributed by atoms with E-state index in [2.05, 4.69) is 162 Å². The molecule has 0 unspecified atom stereocenters. The number of thiophene rings is 2. The summed E-state index contributed by atoms with van der Waals surface area (Å²) in [5, 5.41) is 7.40. The van der Waals surface area contributed by atoms with Gasteiger partial charge in [0.25, 0.3) is 0 Å². The van der Waals surface area contributed by atoms with E-state index < -0.39 is 0 Å². The van der Waals surface area contributed by atoms with Crippen LogP contribution < -0.4 is 0 Å². The quantitative estimate of drug-likeness (QED) is 0.175. The highest BCUT2D eigenvalue weighted by molar-refractivity contribution is 7.27. The maximum atomic E-state index is 5.30. The third-order valence-electron chi connectivity index (χ3n) is 11.0. The maximum absolute atomic E-state index is 5.30. The zero-order valence-corrected chi connectivity index (χ0v) is 32.1. The molecule has 0 amide bonds. The topological polar surface area (TPSA) is 43.6 Å². The van der Waals surface area contributed by atoms with Gasteiger partial charge in [0.15, 0.2) is 17.5 Å². The van der Waals surface area contributed by atoms with Crippen molar-refractivity contribution in [3.63, 3.8) is 0 Å². The number of nitrogens with zero attached hydrogens (tertiary/aromatic N) is 4. The Morgan fingerprint density at radius 3 is 1.82 bits per heavy atom. The van der Waals surface area contributed by atoms with E-state index >= 15 is 0 Å². The van der Waals surface area contributed by atoms with Gasteiger partial charge < -0.3 is 4.57 Å². The average Bonchev–Trinajstić information content (AvgIpc) is 3.95. The van der Waals surface area contributed by atoms with E-state index in [0.717, 1.165) is 38.9 Å². The van der Waals surface area contributed by atoms with Crippen molar-refractivity contribution in [1.29, 1.82) is 0 Å². The Labute approximate surface area is 335 Å². The predicted octanol–water partition coefficient (Wildman–Crippen LogP) is 14.4. The number of aromatic nitrogens is 4. The van der Waals surface area contributed by atoms with Crippen molar-refractivity contribution >= 4 is 84.8 Å². The standard InChI is InChI=1S/C51H30N4S2/c1-3-14-31(15-4-1)33-20-13-21-36(28-33)50-52-49(32-16-5-2-6-17-32)53-51(54-50)39-26-27-42(48-45(39)38-23-10-12-25-43(38)56-48)55-41-24-11-9-22-37(41)47-46(55)40-29-34-18-7-8-19-35(34)30-44(40)57-47/h1-30H. The molecule has 0 aliphatic carbocycles. The first kappa shape index (κ1) is 32.3. The number of para-hydroxylation sites is 1. The molecule has 0 N–H and O–H groups in total. The minimum Gasteiger partial charge on any atom is -0.306 e. The first-order valence-electron chi connectivity index (χ1n) is 19.0. The molecule has 0 bridgehead atoms. The summed E-state index contributed by atoms with van der Waals surface area (Å²) in [6.45, 7) is 0. The smallest absolute Gasteiger partial charge is 0.164 e. The van der Waals surface area contributed by atoms with E-state index in [1.165, 1.54) is 56.8 Å². The fourth-order valence-corrected chi connectivity index (χ4v) is 10.9. The lowest BCUT2D eigenvalue weighted by Crippen LogP contribution is -2.01. The largest absolute Gasteiger partial charge is 0.306 e. The third kappa shape index (κ3) is 5.15. The minimum absolute atomic E-state index is 0.642. The molecule has 0 aliphatic heterocycles. The zero-order chi connectivity index (χ0) is 37.5. The van der Waals surface area contributed by atoms with Gasteiger partial charge in [0, 0.05) is 47.6 Å². The molecule has 266 valence electrons. The van der Waals surface area contributed by atoms with Crippen molar-refractivity contribution in [3.8, 4) is 51.0 Å². The molecule has 8 aromatic carbocycles. The molecule has 4 heterocycles. The molecule has 4 nitrogen and oxygen atoms in total. The fraction of sp³-hybridized carbons (Fsp3) is 0. The van der Waals surface area contributed by atoms with E-state index in [-0.39, 0.29) is 0 Å². The van der Waals surface area contributed by atoms with Crippen molar-refractivity contribution in [2.75, 3.05) is 0 Å². The first-order chi connectivity index (χ1) is 28.2. The summed E-state index contributed by atoms with van der Waals surface area (Å²) in [7, 11) is 0. The molecule has 0 radical (unpaired) electrons. The molecule has 57 heavy (non-hydrogen) atoms. The van der Waals surface area contributed by atoms with Crippen LogP contribution in [0.1, 0.15) is 0 Å². The Bertz CT molecular complexity index is 3530. The highest BCUT2D eigenvalue weighted by Crippen LogP contribution is 2.48. The molecule has 12 aromatic rings. The van der Waals surface area contributed by atoms with Gasteiger partial charge in [-0.3, -0.25) is 0 Å². The van der Waals surface area contributed by atoms with E-state index in [1.807, 2.05) is 46.9 Å². The predicted molar refractivity (Wildman–Crippen MR) is 242 cm³/mol. The summed E-state index contributed by atoms with van der Waals surface area (Å²) in [6, 6.07) is 64.7. The van der Waals surface area contributed by atoms with E-state index in [0.29, 0.717) is 17.5 Å². The van der Waals surface area contributed by atoms with Crippen molar-refractivity contribution in [1.82, 2.24) is 19.5 Å². The lowest BCUT2D eigenvalue weighted by Gasteiger charge is -2.14. The van der Waals surface area contributed by atoms with Gasteiger partial charge in [-0.15, -0.1) is 22.7 Å². The van der Waals surface area contributed by atoms with Crippen LogP contribution in [-0.4, -0.2) is 19.5 Å². The Balaban J connectivity index is 1.14. The van der Waals surface area contributed by atoms with Crippen molar-refractivity contribution in [2.24, 2.45) is 0 Å². The van der Waals surface area contributed by atoms with Crippen LogP contribution in [-0.2, 0) is 0 Å². The van der Waals surface area contributed by atoms with Gasteiger partial charge in [-0.2, -0.15) is 0 Å². The Morgan fingerprint density at radius 2 is 1.00 bits per heavy atom.